The Labute approximate surface area is 68.1 Å². The van der Waals surface area contributed by atoms with Gasteiger partial charge in [0.15, 0.2) is 0 Å². The molecule has 1 aliphatic rings. The van der Waals surface area contributed by atoms with Gasteiger partial charge in [0.05, 0.1) is 5.60 Å². The quantitative estimate of drug-likeness (QED) is 0.611. The maximum Gasteiger partial charge on any atom is 0.0838 e. The highest BCUT2D eigenvalue weighted by Gasteiger charge is 2.42. The van der Waals surface area contributed by atoms with Crippen LogP contribution in [0.4, 0.5) is 0 Å². The molecule has 0 radical (unpaired) electrons. The largest absolute Gasteiger partial charge is 0.377 e. The normalized spacial score (nSPS) is 23.4. The van der Waals surface area contributed by atoms with Crippen molar-refractivity contribution in [3.63, 3.8) is 0 Å². The Morgan fingerprint density at radius 3 is 2.64 bits per heavy atom. The molecular weight excluding hydrogens is 138 g/mol. The minimum Gasteiger partial charge on any atom is -0.377 e. The summed E-state index contributed by atoms with van der Waals surface area (Å²) in [6, 6.07) is 0.0197. The first-order chi connectivity index (χ1) is 5.25. The van der Waals surface area contributed by atoms with Gasteiger partial charge in [0.2, 0.25) is 0 Å². The molecule has 0 spiro atoms. The maximum atomic E-state index is 5.87. The summed E-state index contributed by atoms with van der Waals surface area (Å²) in [5.41, 5.74) is 5.78. The van der Waals surface area contributed by atoms with Gasteiger partial charge in [-0.1, -0.05) is 0 Å². The zero-order valence-corrected chi connectivity index (χ0v) is 6.97. The summed E-state index contributed by atoms with van der Waals surface area (Å²) < 4.78 is 5.37. The van der Waals surface area contributed by atoms with Crippen molar-refractivity contribution in [2.75, 3.05) is 7.11 Å². The molecule has 0 heterocycles. The van der Waals surface area contributed by atoms with Crippen molar-refractivity contribution in [1.82, 2.24) is 0 Å². The maximum absolute atomic E-state index is 5.87. The van der Waals surface area contributed by atoms with Crippen LogP contribution in [0.1, 0.15) is 25.7 Å². The lowest BCUT2D eigenvalue weighted by Crippen LogP contribution is -2.54. The second-order valence-electron chi connectivity index (χ2n) is 3.14. The van der Waals surface area contributed by atoms with Crippen LogP contribution in [0.2, 0.25) is 0 Å². The van der Waals surface area contributed by atoms with Gasteiger partial charge in [-0.25, -0.2) is 0 Å². The Morgan fingerprint density at radius 2 is 2.36 bits per heavy atom. The number of ether oxygens (including phenoxy) is 1. The molecule has 0 saturated heterocycles. The smallest absolute Gasteiger partial charge is 0.0838 e. The molecule has 1 fully saturated rings. The van der Waals surface area contributed by atoms with Crippen molar-refractivity contribution in [2.45, 2.75) is 37.3 Å². The van der Waals surface area contributed by atoms with E-state index in [0.29, 0.717) is 6.42 Å². The van der Waals surface area contributed by atoms with Crippen LogP contribution >= 0.6 is 0 Å². The first-order valence-corrected chi connectivity index (χ1v) is 3.99. The molecule has 2 heteroatoms. The molecule has 1 unspecified atom stereocenters. The number of hydrogen-bond donors (Lipinski definition) is 1. The fraction of sp³-hybridized carbons (Fsp3) is 0.778. The lowest BCUT2D eigenvalue weighted by atomic mass is 9.74. The predicted octanol–water partition coefficient (Wildman–Crippen LogP) is 0.906. The van der Waals surface area contributed by atoms with Crippen LogP contribution in [-0.2, 0) is 4.74 Å². The van der Waals surface area contributed by atoms with Crippen LogP contribution in [0, 0.1) is 12.3 Å². The van der Waals surface area contributed by atoms with Crippen LogP contribution in [0.3, 0.4) is 0 Å². The molecule has 0 bridgehead atoms. The summed E-state index contributed by atoms with van der Waals surface area (Å²) in [5.74, 6) is 2.57. The van der Waals surface area contributed by atoms with Gasteiger partial charge in [0, 0.05) is 19.6 Å². The van der Waals surface area contributed by atoms with E-state index in [4.69, 9.17) is 16.9 Å². The van der Waals surface area contributed by atoms with E-state index in [-0.39, 0.29) is 11.6 Å². The third-order valence-corrected chi connectivity index (χ3v) is 2.62. The van der Waals surface area contributed by atoms with Gasteiger partial charge < -0.3 is 10.5 Å². The van der Waals surface area contributed by atoms with Gasteiger partial charge in [-0.15, -0.1) is 12.3 Å². The molecule has 0 aromatic rings. The van der Waals surface area contributed by atoms with Crippen molar-refractivity contribution in [2.24, 2.45) is 5.73 Å². The Hall–Kier alpha value is -0.520. The van der Waals surface area contributed by atoms with E-state index in [1.165, 1.54) is 6.42 Å². The summed E-state index contributed by atoms with van der Waals surface area (Å²) in [6.07, 6.45) is 9.13. The number of hydrogen-bond acceptors (Lipinski definition) is 2. The second kappa shape index (κ2) is 3.25. The molecule has 1 saturated carbocycles. The summed E-state index contributed by atoms with van der Waals surface area (Å²) in [7, 11) is 1.72. The molecule has 1 atom stereocenters. The average Bonchev–Trinajstić information content (AvgIpc) is 1.87. The van der Waals surface area contributed by atoms with Gasteiger partial charge in [0.25, 0.3) is 0 Å². The summed E-state index contributed by atoms with van der Waals surface area (Å²) >= 11 is 0. The fourth-order valence-corrected chi connectivity index (χ4v) is 1.56. The van der Waals surface area contributed by atoms with Crippen LogP contribution < -0.4 is 5.73 Å². The summed E-state index contributed by atoms with van der Waals surface area (Å²) in [4.78, 5) is 0. The molecule has 0 aliphatic heterocycles. The first kappa shape index (κ1) is 8.58. The minimum atomic E-state index is -0.0909. The highest BCUT2D eigenvalue weighted by Crippen LogP contribution is 2.37. The molecule has 0 aromatic carbocycles. The van der Waals surface area contributed by atoms with Crippen LogP contribution in [-0.4, -0.2) is 18.8 Å². The van der Waals surface area contributed by atoms with Crippen molar-refractivity contribution in [3.05, 3.63) is 0 Å². The number of methoxy groups -OCH3 is 1. The Balaban J connectivity index is 2.48. The van der Waals surface area contributed by atoms with Crippen molar-refractivity contribution >= 4 is 0 Å². The molecule has 1 aliphatic carbocycles. The molecule has 0 amide bonds. The topological polar surface area (TPSA) is 35.2 Å². The average molecular weight is 153 g/mol. The molecule has 2 N–H and O–H groups in total. The van der Waals surface area contributed by atoms with Crippen molar-refractivity contribution in [3.8, 4) is 12.3 Å². The zero-order valence-electron chi connectivity index (χ0n) is 6.97. The van der Waals surface area contributed by atoms with E-state index in [2.05, 4.69) is 5.92 Å². The predicted molar refractivity (Wildman–Crippen MR) is 45.0 cm³/mol. The van der Waals surface area contributed by atoms with Crippen LogP contribution in [0.5, 0.6) is 0 Å². The van der Waals surface area contributed by atoms with Crippen LogP contribution in [0.25, 0.3) is 0 Å². The van der Waals surface area contributed by atoms with Gasteiger partial charge in [-0.05, 0) is 19.3 Å². The molecular formula is C9H15NO. The highest BCUT2D eigenvalue weighted by molar-refractivity contribution is 5.03. The van der Waals surface area contributed by atoms with Crippen molar-refractivity contribution in [1.29, 1.82) is 0 Å². The lowest BCUT2D eigenvalue weighted by Gasteiger charge is -2.44. The second-order valence-corrected chi connectivity index (χ2v) is 3.14. The monoisotopic (exact) mass is 153 g/mol. The Bertz CT molecular complexity index is 161. The molecule has 11 heavy (non-hydrogen) atoms. The first-order valence-electron chi connectivity index (χ1n) is 3.99. The lowest BCUT2D eigenvalue weighted by molar-refractivity contribution is -0.0887. The van der Waals surface area contributed by atoms with Crippen molar-refractivity contribution < 1.29 is 4.74 Å². The van der Waals surface area contributed by atoms with Gasteiger partial charge >= 0.3 is 0 Å². The molecule has 0 aromatic heterocycles. The third kappa shape index (κ3) is 1.40. The molecule has 1 rings (SSSR count). The van der Waals surface area contributed by atoms with E-state index in [1.54, 1.807) is 7.11 Å². The van der Waals surface area contributed by atoms with Gasteiger partial charge in [0.1, 0.15) is 0 Å². The molecule has 62 valence electrons. The standard InChI is InChI=1S/C9H15NO/c1-3-5-8(10)9(11-2)6-4-7-9/h1,8H,4-7,10H2,2H3. The SMILES string of the molecule is C#CCC(N)C1(OC)CCC1. The highest BCUT2D eigenvalue weighted by atomic mass is 16.5. The van der Waals surface area contributed by atoms with E-state index in [0.717, 1.165) is 12.8 Å². The fourth-order valence-electron chi connectivity index (χ4n) is 1.56. The van der Waals surface area contributed by atoms with E-state index >= 15 is 0 Å². The number of rotatable bonds is 3. The van der Waals surface area contributed by atoms with E-state index in [1.807, 2.05) is 0 Å². The summed E-state index contributed by atoms with van der Waals surface area (Å²) in [5, 5.41) is 0. The van der Waals surface area contributed by atoms with E-state index < -0.39 is 0 Å². The van der Waals surface area contributed by atoms with E-state index in [9.17, 15) is 0 Å². The third-order valence-electron chi connectivity index (χ3n) is 2.62. The number of nitrogens with two attached hydrogens (primary N) is 1. The number of terminal acetylenes is 1. The van der Waals surface area contributed by atoms with Gasteiger partial charge in [-0.2, -0.15) is 0 Å². The minimum absolute atomic E-state index is 0.0197. The van der Waals surface area contributed by atoms with Crippen LogP contribution in [0.15, 0.2) is 0 Å². The van der Waals surface area contributed by atoms with Gasteiger partial charge in [-0.3, -0.25) is 0 Å². The Kier molecular flexibility index (Phi) is 2.53. The zero-order chi connectivity index (χ0) is 8.32. The molecule has 2 nitrogen and oxygen atoms in total. The summed E-state index contributed by atoms with van der Waals surface area (Å²) in [6.45, 7) is 0. The Morgan fingerprint density at radius 1 is 1.73 bits per heavy atom.